The van der Waals surface area contributed by atoms with Gasteiger partial charge in [0.2, 0.25) is 0 Å². The molecule has 1 rings (SSSR count). The van der Waals surface area contributed by atoms with Gasteiger partial charge in [0.25, 0.3) is 0 Å². The van der Waals surface area contributed by atoms with E-state index in [1.165, 1.54) is 51.4 Å². The van der Waals surface area contributed by atoms with Gasteiger partial charge in [0.1, 0.15) is 12.2 Å². The van der Waals surface area contributed by atoms with Crippen LogP contribution >= 0.6 is 0 Å². The quantitative estimate of drug-likeness (QED) is 0.200. The first-order chi connectivity index (χ1) is 12.5. The van der Waals surface area contributed by atoms with E-state index in [4.69, 9.17) is 9.47 Å². The molecular weight excluding hydrogens is 382 g/mol. The van der Waals surface area contributed by atoms with Gasteiger partial charge in [0.15, 0.2) is 5.79 Å². The molecule has 0 bridgehead atoms. The number of carboxylic acids is 2. The summed E-state index contributed by atoms with van der Waals surface area (Å²) in [6, 6.07) is 0. The summed E-state index contributed by atoms with van der Waals surface area (Å²) in [6.07, 6.45) is 10.9. The van der Waals surface area contributed by atoms with Crippen LogP contribution in [0.25, 0.3) is 0 Å². The van der Waals surface area contributed by atoms with Gasteiger partial charge in [-0.3, -0.25) is 0 Å². The standard InChI is InChI=1S/C20H36O6.2Na/c1-3-5-6-7-8-9-10-11-12-13-14-15-20(4-2)25-16(18(21)22)17(26-20)19(23)24;;/h16-17H,3-15H2,1-2H3,(H,21,22)(H,23,24);;/q;2*+1/p-2/t16-,17-;;/m1../s1. The molecule has 8 heteroatoms. The molecule has 0 spiro atoms. The monoisotopic (exact) mass is 416 g/mol. The minimum absolute atomic E-state index is 0. The van der Waals surface area contributed by atoms with Gasteiger partial charge >= 0.3 is 59.1 Å². The van der Waals surface area contributed by atoms with Crippen LogP contribution in [0.2, 0.25) is 0 Å². The van der Waals surface area contributed by atoms with E-state index >= 15 is 0 Å². The first kappa shape index (κ1) is 31.0. The van der Waals surface area contributed by atoms with Gasteiger partial charge in [-0.2, -0.15) is 0 Å². The number of hydrogen-bond donors (Lipinski definition) is 0. The van der Waals surface area contributed by atoms with Crippen LogP contribution in [0.1, 0.15) is 97.3 Å². The number of carbonyl (C=O) groups is 2. The maximum absolute atomic E-state index is 11.1. The van der Waals surface area contributed by atoms with Gasteiger partial charge in [0, 0.05) is 6.42 Å². The molecule has 0 amide bonds. The summed E-state index contributed by atoms with van der Waals surface area (Å²) < 4.78 is 10.8. The molecule has 1 heterocycles. The third kappa shape index (κ3) is 11.3. The van der Waals surface area contributed by atoms with Crippen molar-refractivity contribution < 1.29 is 88.4 Å². The number of rotatable bonds is 15. The van der Waals surface area contributed by atoms with Crippen LogP contribution in [0.3, 0.4) is 0 Å². The Morgan fingerprint density at radius 1 is 0.714 bits per heavy atom. The molecule has 0 N–H and O–H groups in total. The fraction of sp³-hybridized carbons (Fsp3) is 0.900. The number of unbranched alkanes of at least 4 members (excludes halogenated alkanes) is 10. The molecule has 0 aromatic heterocycles. The fourth-order valence-corrected chi connectivity index (χ4v) is 3.48. The number of aliphatic carboxylic acids is 2. The van der Waals surface area contributed by atoms with Crippen LogP contribution in [-0.2, 0) is 19.1 Å². The third-order valence-electron chi connectivity index (χ3n) is 5.12. The van der Waals surface area contributed by atoms with E-state index < -0.39 is 29.9 Å². The van der Waals surface area contributed by atoms with Crippen molar-refractivity contribution in [2.75, 3.05) is 0 Å². The van der Waals surface area contributed by atoms with Crippen LogP contribution in [0, 0.1) is 0 Å². The van der Waals surface area contributed by atoms with Gasteiger partial charge < -0.3 is 29.3 Å². The predicted octanol–water partition coefficient (Wildman–Crippen LogP) is -3.91. The summed E-state index contributed by atoms with van der Waals surface area (Å²) >= 11 is 0. The van der Waals surface area contributed by atoms with Gasteiger partial charge in [-0.15, -0.1) is 0 Å². The van der Waals surface area contributed by atoms with Crippen molar-refractivity contribution >= 4 is 11.9 Å². The Labute approximate surface area is 214 Å². The number of carbonyl (C=O) groups excluding carboxylic acids is 2. The zero-order chi connectivity index (χ0) is 19.4. The van der Waals surface area contributed by atoms with Crippen LogP contribution in [0.5, 0.6) is 0 Å². The molecule has 6 nitrogen and oxygen atoms in total. The molecule has 0 radical (unpaired) electrons. The molecule has 0 aromatic carbocycles. The zero-order valence-electron chi connectivity index (χ0n) is 18.3. The molecule has 1 saturated heterocycles. The van der Waals surface area contributed by atoms with E-state index in [0.29, 0.717) is 12.8 Å². The Bertz CT molecular complexity index is 411. The van der Waals surface area contributed by atoms with Crippen molar-refractivity contribution in [2.24, 2.45) is 0 Å². The molecule has 28 heavy (non-hydrogen) atoms. The predicted molar refractivity (Wildman–Crippen MR) is 93.9 cm³/mol. The van der Waals surface area contributed by atoms with Crippen molar-refractivity contribution in [2.45, 2.75) is 115 Å². The Balaban J connectivity index is 0. The first-order valence-electron chi connectivity index (χ1n) is 10.2. The second kappa shape index (κ2) is 17.5. The molecule has 1 fully saturated rings. The average Bonchev–Trinajstić information content (AvgIpc) is 3.01. The Kier molecular flexibility index (Phi) is 19.4. The molecule has 2 atom stereocenters. The average molecular weight is 416 g/mol. The maximum atomic E-state index is 11.1. The minimum Gasteiger partial charge on any atom is -0.547 e. The van der Waals surface area contributed by atoms with Gasteiger partial charge in [-0.1, -0.05) is 78.1 Å². The normalized spacial score (nSPS) is 20.2. The molecule has 0 saturated carbocycles. The zero-order valence-corrected chi connectivity index (χ0v) is 22.3. The first-order valence-corrected chi connectivity index (χ1v) is 10.2. The topological polar surface area (TPSA) is 98.7 Å². The van der Waals surface area contributed by atoms with Gasteiger partial charge in [-0.05, 0) is 12.8 Å². The fourth-order valence-electron chi connectivity index (χ4n) is 3.48. The summed E-state index contributed by atoms with van der Waals surface area (Å²) in [7, 11) is 0. The largest absolute Gasteiger partial charge is 1.00 e. The van der Waals surface area contributed by atoms with Gasteiger partial charge in [0.05, 0.1) is 11.9 Å². The second-order valence-corrected chi connectivity index (χ2v) is 7.26. The smallest absolute Gasteiger partial charge is 0.547 e. The van der Waals surface area contributed by atoms with Crippen LogP contribution in [0.15, 0.2) is 0 Å². The van der Waals surface area contributed by atoms with E-state index in [0.717, 1.165) is 19.3 Å². The third-order valence-corrected chi connectivity index (χ3v) is 5.12. The van der Waals surface area contributed by atoms with E-state index in [1.54, 1.807) is 6.92 Å². The Morgan fingerprint density at radius 3 is 1.39 bits per heavy atom. The van der Waals surface area contributed by atoms with Gasteiger partial charge in [-0.25, -0.2) is 0 Å². The summed E-state index contributed by atoms with van der Waals surface area (Å²) in [5.41, 5.74) is 0. The second-order valence-electron chi connectivity index (χ2n) is 7.26. The van der Waals surface area contributed by atoms with E-state index in [-0.39, 0.29) is 59.1 Å². The summed E-state index contributed by atoms with van der Waals surface area (Å²) in [5.74, 6) is -4.31. The van der Waals surface area contributed by atoms with E-state index in [2.05, 4.69) is 6.92 Å². The molecule has 0 aromatic rings. The number of ether oxygens (including phenoxy) is 2. The minimum atomic E-state index is -1.60. The van der Waals surface area contributed by atoms with Crippen molar-refractivity contribution in [3.63, 3.8) is 0 Å². The maximum Gasteiger partial charge on any atom is 1.00 e. The van der Waals surface area contributed by atoms with Crippen LogP contribution < -0.4 is 69.3 Å². The van der Waals surface area contributed by atoms with Crippen LogP contribution in [-0.4, -0.2) is 29.9 Å². The Morgan fingerprint density at radius 2 is 1.07 bits per heavy atom. The van der Waals surface area contributed by atoms with E-state index in [1.807, 2.05) is 0 Å². The number of hydrogen-bond acceptors (Lipinski definition) is 6. The van der Waals surface area contributed by atoms with Crippen molar-refractivity contribution in [1.82, 2.24) is 0 Å². The SMILES string of the molecule is CCCCCCCCCCCCCC1(CC)O[C@@H](C(=O)[O-])[C@H](C(=O)[O-])O1.[Na+].[Na+]. The summed E-state index contributed by atoms with van der Waals surface area (Å²) in [6.45, 7) is 4.02. The Hall–Kier alpha value is 0.860. The van der Waals surface area contributed by atoms with Crippen molar-refractivity contribution in [1.29, 1.82) is 0 Å². The van der Waals surface area contributed by atoms with E-state index in [9.17, 15) is 19.8 Å². The van der Waals surface area contributed by atoms with Crippen LogP contribution in [0.4, 0.5) is 0 Å². The van der Waals surface area contributed by atoms with Crippen molar-refractivity contribution in [3.8, 4) is 0 Å². The molecule has 0 unspecified atom stereocenters. The molecular formula is C20H34Na2O6. The molecule has 152 valence electrons. The van der Waals surface area contributed by atoms with Crippen molar-refractivity contribution in [3.05, 3.63) is 0 Å². The molecule has 1 aliphatic heterocycles. The molecule has 0 aliphatic carbocycles. The number of carboxylic acid groups (broad SMARTS) is 2. The summed E-state index contributed by atoms with van der Waals surface area (Å²) in [4.78, 5) is 22.1. The molecule has 1 aliphatic rings. The summed E-state index contributed by atoms with van der Waals surface area (Å²) in [5, 5.41) is 22.1.